The van der Waals surface area contributed by atoms with E-state index in [0.717, 1.165) is 19.8 Å². The second kappa shape index (κ2) is 5.58. The number of ether oxygens (including phenoxy) is 1. The van der Waals surface area contributed by atoms with Gasteiger partial charge in [0.15, 0.2) is 0 Å². The minimum absolute atomic E-state index is 0.259. The Bertz CT molecular complexity index is 135. The number of nitrogens with one attached hydrogen (secondary N) is 1. The summed E-state index contributed by atoms with van der Waals surface area (Å²) in [6.45, 7) is 7.27. The van der Waals surface area contributed by atoms with Crippen LogP contribution in [0.4, 0.5) is 0 Å². The highest BCUT2D eigenvalue weighted by Gasteiger charge is 2.17. The molecule has 0 radical (unpaired) electrons. The molecule has 1 aliphatic rings. The molecule has 0 aliphatic carbocycles. The summed E-state index contributed by atoms with van der Waals surface area (Å²) in [5.74, 6) is 1.01. The standard InChI is InChI=1S/C10H21NO2/c1-8(6-12)9(2)11-5-10-3-4-13-7-10/h8-12H,3-7H2,1-2H3. The first-order valence-corrected chi connectivity index (χ1v) is 5.16. The van der Waals surface area contributed by atoms with Gasteiger partial charge >= 0.3 is 0 Å². The van der Waals surface area contributed by atoms with E-state index in [1.807, 2.05) is 0 Å². The molecule has 1 fully saturated rings. The quantitative estimate of drug-likeness (QED) is 0.663. The Morgan fingerprint density at radius 1 is 1.54 bits per heavy atom. The van der Waals surface area contributed by atoms with E-state index in [9.17, 15) is 0 Å². The molecule has 3 nitrogen and oxygen atoms in total. The Morgan fingerprint density at radius 3 is 2.85 bits per heavy atom. The predicted molar refractivity (Wildman–Crippen MR) is 52.6 cm³/mol. The monoisotopic (exact) mass is 187 g/mol. The van der Waals surface area contributed by atoms with E-state index in [4.69, 9.17) is 9.84 Å². The van der Waals surface area contributed by atoms with Gasteiger partial charge < -0.3 is 15.2 Å². The first-order chi connectivity index (χ1) is 6.24. The van der Waals surface area contributed by atoms with Crippen LogP contribution in [0.3, 0.4) is 0 Å². The van der Waals surface area contributed by atoms with Gasteiger partial charge in [-0.25, -0.2) is 0 Å². The Labute approximate surface area is 80.5 Å². The van der Waals surface area contributed by atoms with Crippen LogP contribution in [-0.2, 0) is 4.74 Å². The molecule has 1 aliphatic heterocycles. The predicted octanol–water partition coefficient (Wildman–Crippen LogP) is 0.629. The van der Waals surface area contributed by atoms with E-state index in [0.29, 0.717) is 17.9 Å². The first kappa shape index (κ1) is 11.0. The van der Waals surface area contributed by atoms with Crippen molar-refractivity contribution in [1.82, 2.24) is 5.32 Å². The summed E-state index contributed by atoms with van der Waals surface area (Å²) >= 11 is 0. The molecule has 0 saturated carbocycles. The van der Waals surface area contributed by atoms with Gasteiger partial charge in [-0.1, -0.05) is 6.92 Å². The molecule has 1 rings (SSSR count). The normalized spacial score (nSPS) is 27.5. The summed E-state index contributed by atoms with van der Waals surface area (Å²) in [5, 5.41) is 12.4. The van der Waals surface area contributed by atoms with Crippen LogP contribution >= 0.6 is 0 Å². The van der Waals surface area contributed by atoms with Gasteiger partial charge in [0.2, 0.25) is 0 Å². The zero-order valence-electron chi connectivity index (χ0n) is 8.62. The molecule has 0 aromatic rings. The van der Waals surface area contributed by atoms with Gasteiger partial charge in [0.1, 0.15) is 0 Å². The van der Waals surface area contributed by atoms with Crippen molar-refractivity contribution >= 4 is 0 Å². The molecule has 0 aromatic heterocycles. The van der Waals surface area contributed by atoms with Crippen LogP contribution in [-0.4, -0.2) is 37.5 Å². The Hall–Kier alpha value is -0.120. The SMILES string of the molecule is CC(CO)C(C)NCC1CCOC1. The largest absolute Gasteiger partial charge is 0.396 e. The highest BCUT2D eigenvalue weighted by Crippen LogP contribution is 2.11. The number of aliphatic hydroxyl groups is 1. The summed E-state index contributed by atoms with van der Waals surface area (Å²) in [5.41, 5.74) is 0. The second-order valence-corrected chi connectivity index (χ2v) is 4.09. The lowest BCUT2D eigenvalue weighted by Crippen LogP contribution is -2.37. The molecule has 0 bridgehead atoms. The zero-order chi connectivity index (χ0) is 9.68. The molecule has 1 saturated heterocycles. The second-order valence-electron chi connectivity index (χ2n) is 4.09. The van der Waals surface area contributed by atoms with Crippen molar-refractivity contribution in [2.45, 2.75) is 26.3 Å². The Morgan fingerprint density at radius 2 is 2.31 bits per heavy atom. The van der Waals surface area contributed by atoms with Crippen molar-refractivity contribution in [1.29, 1.82) is 0 Å². The summed E-state index contributed by atoms with van der Waals surface area (Å²) in [6, 6.07) is 0.394. The summed E-state index contributed by atoms with van der Waals surface area (Å²) in [4.78, 5) is 0. The van der Waals surface area contributed by atoms with Gasteiger partial charge in [-0.2, -0.15) is 0 Å². The smallest absolute Gasteiger partial charge is 0.0507 e. The maximum absolute atomic E-state index is 8.93. The Kier molecular flexibility index (Phi) is 4.70. The van der Waals surface area contributed by atoms with Crippen LogP contribution < -0.4 is 5.32 Å². The van der Waals surface area contributed by atoms with Crippen LogP contribution in [0.25, 0.3) is 0 Å². The first-order valence-electron chi connectivity index (χ1n) is 5.16. The lowest BCUT2D eigenvalue weighted by atomic mass is 10.0. The van der Waals surface area contributed by atoms with Gasteiger partial charge in [-0.3, -0.25) is 0 Å². The van der Waals surface area contributed by atoms with Gasteiger partial charge in [0.05, 0.1) is 6.61 Å². The van der Waals surface area contributed by atoms with Gasteiger partial charge in [0.25, 0.3) is 0 Å². The van der Waals surface area contributed by atoms with Crippen molar-refractivity contribution in [2.75, 3.05) is 26.4 Å². The molecular weight excluding hydrogens is 166 g/mol. The fraction of sp³-hybridized carbons (Fsp3) is 1.00. The average molecular weight is 187 g/mol. The minimum atomic E-state index is 0.259. The van der Waals surface area contributed by atoms with Crippen molar-refractivity contribution < 1.29 is 9.84 Å². The number of aliphatic hydroxyl groups excluding tert-OH is 1. The van der Waals surface area contributed by atoms with Gasteiger partial charge in [-0.05, 0) is 25.2 Å². The highest BCUT2D eigenvalue weighted by atomic mass is 16.5. The molecule has 2 N–H and O–H groups in total. The molecular formula is C10H21NO2. The Balaban J connectivity index is 2.10. The van der Waals surface area contributed by atoms with Gasteiger partial charge in [-0.15, -0.1) is 0 Å². The highest BCUT2D eigenvalue weighted by molar-refractivity contribution is 4.72. The summed E-state index contributed by atoms with van der Waals surface area (Å²) < 4.78 is 5.29. The average Bonchev–Trinajstić information content (AvgIpc) is 2.65. The summed E-state index contributed by atoms with van der Waals surface area (Å²) in [7, 11) is 0. The van der Waals surface area contributed by atoms with Crippen molar-refractivity contribution in [3.05, 3.63) is 0 Å². The fourth-order valence-electron chi connectivity index (χ4n) is 1.46. The minimum Gasteiger partial charge on any atom is -0.396 e. The third-order valence-corrected chi connectivity index (χ3v) is 2.89. The molecule has 3 unspecified atom stereocenters. The number of hydrogen-bond donors (Lipinski definition) is 2. The third kappa shape index (κ3) is 3.63. The molecule has 13 heavy (non-hydrogen) atoms. The molecule has 0 aromatic carbocycles. The lowest BCUT2D eigenvalue weighted by Gasteiger charge is -2.20. The molecule has 3 atom stereocenters. The number of rotatable bonds is 5. The maximum atomic E-state index is 8.93. The third-order valence-electron chi connectivity index (χ3n) is 2.89. The maximum Gasteiger partial charge on any atom is 0.0507 e. The van der Waals surface area contributed by atoms with E-state index in [1.165, 1.54) is 6.42 Å². The van der Waals surface area contributed by atoms with Crippen molar-refractivity contribution in [3.8, 4) is 0 Å². The van der Waals surface area contributed by atoms with E-state index in [-0.39, 0.29) is 6.61 Å². The van der Waals surface area contributed by atoms with Crippen molar-refractivity contribution in [2.24, 2.45) is 11.8 Å². The molecule has 0 spiro atoms. The fourth-order valence-corrected chi connectivity index (χ4v) is 1.46. The van der Waals surface area contributed by atoms with E-state index in [1.54, 1.807) is 0 Å². The van der Waals surface area contributed by atoms with Crippen LogP contribution in [0, 0.1) is 11.8 Å². The van der Waals surface area contributed by atoms with E-state index < -0.39 is 0 Å². The zero-order valence-corrected chi connectivity index (χ0v) is 8.62. The topological polar surface area (TPSA) is 41.5 Å². The van der Waals surface area contributed by atoms with Crippen molar-refractivity contribution in [3.63, 3.8) is 0 Å². The van der Waals surface area contributed by atoms with Crippen LogP contribution in [0.1, 0.15) is 20.3 Å². The van der Waals surface area contributed by atoms with E-state index >= 15 is 0 Å². The molecule has 78 valence electrons. The molecule has 3 heteroatoms. The molecule has 0 amide bonds. The van der Waals surface area contributed by atoms with Gasteiger partial charge in [0, 0.05) is 25.8 Å². The van der Waals surface area contributed by atoms with Crippen LogP contribution in [0.15, 0.2) is 0 Å². The van der Waals surface area contributed by atoms with Crippen LogP contribution in [0.2, 0.25) is 0 Å². The number of hydrogen-bond acceptors (Lipinski definition) is 3. The summed E-state index contributed by atoms with van der Waals surface area (Å²) in [6.07, 6.45) is 1.17. The van der Waals surface area contributed by atoms with Crippen LogP contribution in [0.5, 0.6) is 0 Å². The lowest BCUT2D eigenvalue weighted by molar-refractivity contribution is 0.179. The molecule has 1 heterocycles. The van der Waals surface area contributed by atoms with E-state index in [2.05, 4.69) is 19.2 Å².